The van der Waals surface area contributed by atoms with Crippen molar-refractivity contribution in [2.75, 3.05) is 51.8 Å². The number of carbonyl (C=O) groups excluding carboxylic acids is 1. The van der Waals surface area contributed by atoms with Gasteiger partial charge in [0, 0.05) is 44.3 Å². The fourth-order valence-corrected chi connectivity index (χ4v) is 3.62. The van der Waals surface area contributed by atoms with Gasteiger partial charge in [-0.25, -0.2) is 4.98 Å². The summed E-state index contributed by atoms with van der Waals surface area (Å²) in [6.45, 7) is 4.41. The molecule has 3 rings (SSSR count). The summed E-state index contributed by atoms with van der Waals surface area (Å²) in [5, 5.41) is 6.02. The number of anilines is 1. The van der Waals surface area contributed by atoms with E-state index in [0.717, 1.165) is 36.9 Å². The predicted molar refractivity (Wildman–Crippen MR) is 102 cm³/mol. The van der Waals surface area contributed by atoms with E-state index in [2.05, 4.69) is 20.1 Å². The number of nitrogens with zero attached hydrogens (tertiary/aromatic N) is 3. The van der Waals surface area contributed by atoms with Crippen molar-refractivity contribution in [3.8, 4) is 11.5 Å². The summed E-state index contributed by atoms with van der Waals surface area (Å²) < 4.78 is 10.5. The molecule has 2 heterocycles. The Kier molecular flexibility index (Phi) is 6.30. The molecule has 1 aliphatic heterocycles. The van der Waals surface area contributed by atoms with Crippen molar-refractivity contribution < 1.29 is 14.3 Å². The van der Waals surface area contributed by atoms with Crippen LogP contribution in [0.25, 0.3) is 0 Å². The molecule has 0 atom stereocenters. The minimum Gasteiger partial charge on any atom is -0.493 e. The minimum atomic E-state index is 0.0301. The molecule has 0 spiro atoms. The van der Waals surface area contributed by atoms with E-state index in [1.165, 1.54) is 0 Å². The van der Waals surface area contributed by atoms with Crippen LogP contribution in [0.4, 0.5) is 5.13 Å². The van der Waals surface area contributed by atoms with E-state index < -0.39 is 0 Å². The van der Waals surface area contributed by atoms with Crippen molar-refractivity contribution in [1.82, 2.24) is 15.2 Å². The van der Waals surface area contributed by atoms with Crippen molar-refractivity contribution in [1.29, 1.82) is 0 Å². The first-order valence-electron chi connectivity index (χ1n) is 8.54. The van der Waals surface area contributed by atoms with Crippen LogP contribution in [0.2, 0.25) is 0 Å². The van der Waals surface area contributed by atoms with Crippen LogP contribution in [-0.4, -0.2) is 62.7 Å². The Bertz CT molecular complexity index is 715. The number of ether oxygens (including phenoxy) is 2. The van der Waals surface area contributed by atoms with Crippen LogP contribution >= 0.6 is 11.3 Å². The number of hydrogen-bond acceptors (Lipinski definition) is 7. The highest BCUT2D eigenvalue weighted by molar-refractivity contribution is 7.13. The molecule has 140 valence electrons. The summed E-state index contributed by atoms with van der Waals surface area (Å²) in [6.07, 6.45) is 1.83. The monoisotopic (exact) mass is 376 g/mol. The van der Waals surface area contributed by atoms with Crippen molar-refractivity contribution in [2.24, 2.45) is 0 Å². The van der Waals surface area contributed by atoms with Gasteiger partial charge in [0.05, 0.1) is 20.8 Å². The molecule has 1 aromatic carbocycles. The first kappa shape index (κ1) is 18.5. The van der Waals surface area contributed by atoms with Crippen LogP contribution in [-0.2, 0) is 11.3 Å². The average Bonchev–Trinajstić information content (AvgIpc) is 3.21. The number of thiazole rings is 1. The summed E-state index contributed by atoms with van der Waals surface area (Å²) in [5.74, 6) is 1.38. The fourth-order valence-electron chi connectivity index (χ4n) is 2.92. The van der Waals surface area contributed by atoms with E-state index in [1.54, 1.807) is 25.6 Å². The fraction of sp³-hybridized carbons (Fsp3) is 0.444. The number of methoxy groups -OCH3 is 2. The normalized spacial score (nSPS) is 14.9. The zero-order chi connectivity index (χ0) is 18.4. The van der Waals surface area contributed by atoms with Crippen LogP contribution in [0.1, 0.15) is 5.56 Å². The molecule has 8 heteroatoms. The molecule has 2 aromatic rings. The predicted octanol–water partition coefficient (Wildman–Crippen LogP) is 1.60. The lowest BCUT2D eigenvalue weighted by Crippen LogP contribution is -2.49. The van der Waals surface area contributed by atoms with E-state index >= 15 is 0 Å². The van der Waals surface area contributed by atoms with Gasteiger partial charge in [-0.05, 0) is 17.7 Å². The molecule has 7 nitrogen and oxygen atoms in total. The Hall–Kier alpha value is -2.32. The number of aromatic nitrogens is 1. The van der Waals surface area contributed by atoms with Gasteiger partial charge < -0.3 is 19.7 Å². The number of piperazine rings is 1. The van der Waals surface area contributed by atoms with Gasteiger partial charge in [0.1, 0.15) is 0 Å². The smallest absolute Gasteiger partial charge is 0.234 e. The Morgan fingerprint density at radius 3 is 2.62 bits per heavy atom. The number of benzene rings is 1. The van der Waals surface area contributed by atoms with Gasteiger partial charge in [0.25, 0.3) is 0 Å². The molecule has 0 radical (unpaired) electrons. The maximum absolute atomic E-state index is 12.2. The van der Waals surface area contributed by atoms with Crippen molar-refractivity contribution in [3.05, 3.63) is 35.3 Å². The van der Waals surface area contributed by atoms with Crippen LogP contribution < -0.4 is 19.7 Å². The van der Waals surface area contributed by atoms with E-state index in [0.29, 0.717) is 24.6 Å². The minimum absolute atomic E-state index is 0.0301. The SMILES string of the molecule is COc1ccc(CNC(=O)CN2CCN(c3nccs3)CC2)cc1OC. The average molecular weight is 376 g/mol. The van der Waals surface area contributed by atoms with Crippen molar-refractivity contribution >= 4 is 22.4 Å². The Morgan fingerprint density at radius 2 is 1.96 bits per heavy atom. The molecule has 1 N–H and O–H groups in total. The van der Waals surface area contributed by atoms with Crippen LogP contribution in [0.3, 0.4) is 0 Å². The molecule has 1 aliphatic rings. The maximum Gasteiger partial charge on any atom is 0.234 e. The molecule has 1 saturated heterocycles. The van der Waals surface area contributed by atoms with Crippen molar-refractivity contribution in [3.63, 3.8) is 0 Å². The van der Waals surface area contributed by atoms with E-state index in [-0.39, 0.29) is 5.91 Å². The summed E-state index contributed by atoms with van der Waals surface area (Å²) in [7, 11) is 3.21. The first-order chi connectivity index (χ1) is 12.7. The highest BCUT2D eigenvalue weighted by Crippen LogP contribution is 2.27. The summed E-state index contributed by atoms with van der Waals surface area (Å²) in [4.78, 5) is 21.0. The quantitative estimate of drug-likeness (QED) is 0.792. The summed E-state index contributed by atoms with van der Waals surface area (Å²) >= 11 is 1.65. The Balaban J connectivity index is 1.43. The number of amides is 1. The first-order valence-corrected chi connectivity index (χ1v) is 9.42. The molecular weight excluding hydrogens is 352 g/mol. The van der Waals surface area contributed by atoms with Gasteiger partial charge >= 0.3 is 0 Å². The zero-order valence-corrected chi connectivity index (χ0v) is 15.9. The van der Waals surface area contributed by atoms with Crippen molar-refractivity contribution in [2.45, 2.75) is 6.54 Å². The lowest BCUT2D eigenvalue weighted by atomic mass is 10.2. The van der Waals surface area contributed by atoms with Gasteiger partial charge in [-0.15, -0.1) is 11.3 Å². The molecule has 26 heavy (non-hydrogen) atoms. The second-order valence-electron chi connectivity index (χ2n) is 6.04. The largest absolute Gasteiger partial charge is 0.493 e. The molecule has 1 fully saturated rings. The Morgan fingerprint density at radius 1 is 1.19 bits per heavy atom. The van der Waals surface area contributed by atoms with Gasteiger partial charge in [-0.2, -0.15) is 0 Å². The van der Waals surface area contributed by atoms with Gasteiger partial charge in [-0.1, -0.05) is 6.07 Å². The highest BCUT2D eigenvalue weighted by atomic mass is 32.1. The lowest BCUT2D eigenvalue weighted by Gasteiger charge is -2.34. The van der Waals surface area contributed by atoms with Crippen LogP contribution in [0, 0.1) is 0 Å². The van der Waals surface area contributed by atoms with Crippen LogP contribution in [0.5, 0.6) is 11.5 Å². The summed E-state index contributed by atoms with van der Waals surface area (Å²) in [6, 6.07) is 5.65. The van der Waals surface area contributed by atoms with E-state index in [1.807, 2.05) is 29.8 Å². The molecule has 1 amide bonds. The van der Waals surface area contributed by atoms with Gasteiger partial charge in [-0.3, -0.25) is 9.69 Å². The molecule has 1 aromatic heterocycles. The summed E-state index contributed by atoms with van der Waals surface area (Å²) in [5.41, 5.74) is 0.976. The van der Waals surface area contributed by atoms with E-state index in [9.17, 15) is 4.79 Å². The third-order valence-corrected chi connectivity index (χ3v) is 5.20. The molecule has 0 aliphatic carbocycles. The lowest BCUT2D eigenvalue weighted by molar-refractivity contribution is -0.122. The molecule has 0 bridgehead atoms. The third-order valence-electron chi connectivity index (χ3n) is 4.37. The maximum atomic E-state index is 12.2. The number of nitrogens with one attached hydrogen (secondary N) is 1. The number of rotatable bonds is 7. The molecule has 0 saturated carbocycles. The highest BCUT2D eigenvalue weighted by Gasteiger charge is 2.20. The number of hydrogen-bond donors (Lipinski definition) is 1. The molecule has 0 unspecified atom stereocenters. The van der Waals surface area contributed by atoms with Crippen LogP contribution in [0.15, 0.2) is 29.8 Å². The number of carbonyl (C=O) groups is 1. The van der Waals surface area contributed by atoms with Gasteiger partial charge in [0.15, 0.2) is 16.6 Å². The second kappa shape index (κ2) is 8.86. The Labute approximate surface area is 157 Å². The van der Waals surface area contributed by atoms with Gasteiger partial charge in [0.2, 0.25) is 5.91 Å². The topological polar surface area (TPSA) is 66.9 Å². The third kappa shape index (κ3) is 4.64. The molecular formula is C18H24N4O3S. The zero-order valence-electron chi connectivity index (χ0n) is 15.1. The standard InChI is InChI=1S/C18H24N4O3S/c1-24-15-4-3-14(11-16(15)25-2)12-20-17(23)13-21-6-8-22(9-7-21)18-19-5-10-26-18/h3-5,10-11H,6-9,12-13H2,1-2H3,(H,20,23). The second-order valence-corrected chi connectivity index (χ2v) is 6.92. The van der Waals surface area contributed by atoms with E-state index in [4.69, 9.17) is 9.47 Å².